The molecule has 6 atom stereocenters. The maximum Gasteiger partial charge on any atom is 0.384 e. The van der Waals surface area contributed by atoms with Crippen LogP contribution in [0, 0.1) is 10.8 Å². The van der Waals surface area contributed by atoms with Crippen molar-refractivity contribution in [2.75, 3.05) is 26.4 Å². The van der Waals surface area contributed by atoms with Gasteiger partial charge in [-0.05, 0) is 79.4 Å². The lowest BCUT2D eigenvalue weighted by molar-refractivity contribution is -0.428. The van der Waals surface area contributed by atoms with E-state index in [9.17, 15) is 139 Å². The van der Waals surface area contributed by atoms with Gasteiger partial charge in [0, 0.05) is 16.6 Å². The Hall–Kier alpha value is -6.03. The van der Waals surface area contributed by atoms with Crippen molar-refractivity contribution in [2.24, 2.45) is 10.8 Å². The first-order valence-corrected chi connectivity index (χ1v) is 28.1. The topological polar surface area (TPSA) is 204 Å². The lowest BCUT2D eigenvalue weighted by Crippen LogP contribution is -2.71. The van der Waals surface area contributed by atoms with E-state index >= 15 is 0 Å². The number of ether oxygens (including phenoxy) is 7. The van der Waals surface area contributed by atoms with Gasteiger partial charge in [0.25, 0.3) is 0 Å². The monoisotopic (exact) mass is 1560 g/mol. The number of halogens is 26. The molecular weight excluding hydrogens is 1500 g/mol. The Morgan fingerprint density at radius 2 is 0.705 bits per heavy atom. The van der Waals surface area contributed by atoms with Crippen LogP contribution in [0.1, 0.15) is 95.9 Å². The smallest absolute Gasteiger partial charge is 0.384 e. The van der Waals surface area contributed by atoms with Crippen molar-refractivity contribution in [3.8, 4) is 0 Å². The molecule has 1 N–H and O–H groups in total. The summed E-state index contributed by atoms with van der Waals surface area (Å²) in [4.78, 5) is 78.8. The van der Waals surface area contributed by atoms with E-state index in [1.54, 1.807) is 60.7 Å². The summed E-state index contributed by atoms with van der Waals surface area (Å²) >= 11 is 6.38. The highest BCUT2D eigenvalue weighted by molar-refractivity contribution is 9.09. The predicted molar refractivity (Wildman–Crippen MR) is 280 cm³/mol. The first-order valence-electron chi connectivity index (χ1n) is 26.3. The van der Waals surface area contributed by atoms with E-state index in [0.717, 1.165) is 41.5 Å². The zero-order valence-electron chi connectivity index (χ0n) is 50.0. The molecule has 0 bridgehead atoms. The fraction of sp³-hybridized carbons (Fsp3) is 0.648. The standard InChI is InChI=1S/C28H29BrF12O8.C20H19BrF12O3.C6H8O4/c1-14(49-20(44)15(2)48-16(3)42)19(43)46-12-23(30,31)25(34,35)27(38,39)28(40,41)26(36,37)24(32,33)13-47-21(45)22(4,5)11-18(29)17-9-7-6-8-10-17;1-14(2,8-12(21)11-6-4-3-5-7-11)13(35)36-10-16(24,25)18(28,29)20(32,33)19(30,31)17(26,27)15(22,23)9-34;1-3-5(7)10-4(2)6(8)9-3/h6-10,14-15,18H,11-13H2,1-5H3;3-7,12,34H,8-10H2,1-2H3;3-4H,1-2H3. The van der Waals surface area contributed by atoms with Crippen LogP contribution in [0.25, 0.3) is 0 Å². The molecule has 1 fully saturated rings. The van der Waals surface area contributed by atoms with Gasteiger partial charge in [0.2, 0.25) is 0 Å². The molecular formula is C54H56Br2F24O15. The summed E-state index contributed by atoms with van der Waals surface area (Å²) < 4.78 is 363. The van der Waals surface area contributed by atoms with Gasteiger partial charge >= 0.3 is 113 Å². The Morgan fingerprint density at radius 1 is 0.442 bits per heavy atom. The molecule has 41 heteroatoms. The number of alkyl halides is 26. The number of esters is 7. The first-order chi connectivity index (χ1) is 42.4. The van der Waals surface area contributed by atoms with Crippen molar-refractivity contribution in [3.63, 3.8) is 0 Å². The Kier molecular flexibility index (Phi) is 28.6. The molecule has 95 heavy (non-hydrogen) atoms. The molecule has 0 amide bonds. The minimum Gasteiger partial charge on any atom is -0.459 e. The Labute approximate surface area is 538 Å². The van der Waals surface area contributed by atoms with Crippen LogP contribution in [0.2, 0.25) is 0 Å². The number of carbonyl (C=O) groups is 7. The summed E-state index contributed by atoms with van der Waals surface area (Å²) in [5, 5.41) is 8.07. The van der Waals surface area contributed by atoms with E-state index in [4.69, 9.17) is 5.11 Å². The van der Waals surface area contributed by atoms with Crippen LogP contribution < -0.4 is 0 Å². The molecule has 0 aliphatic carbocycles. The van der Waals surface area contributed by atoms with Crippen LogP contribution >= 0.6 is 31.9 Å². The summed E-state index contributed by atoms with van der Waals surface area (Å²) in [5.74, 6) is -96.8. The first kappa shape index (κ1) is 87.0. The number of hydrogen-bond acceptors (Lipinski definition) is 15. The molecule has 0 spiro atoms. The van der Waals surface area contributed by atoms with E-state index in [2.05, 4.69) is 65.0 Å². The maximum absolute atomic E-state index is 14.3. The zero-order valence-corrected chi connectivity index (χ0v) is 53.1. The van der Waals surface area contributed by atoms with Crippen molar-refractivity contribution in [1.82, 2.24) is 0 Å². The van der Waals surface area contributed by atoms with Crippen molar-refractivity contribution < 1.29 is 177 Å². The maximum atomic E-state index is 14.3. The van der Waals surface area contributed by atoms with Crippen LogP contribution in [0.5, 0.6) is 0 Å². The summed E-state index contributed by atoms with van der Waals surface area (Å²) in [6, 6.07) is 15.9. The highest BCUT2D eigenvalue weighted by Gasteiger charge is 2.91. The largest absolute Gasteiger partial charge is 0.459 e. The van der Waals surface area contributed by atoms with Gasteiger partial charge in [-0.25, -0.2) is 19.2 Å². The second kappa shape index (κ2) is 31.2. The number of aliphatic hydroxyl groups excluding tert-OH is 1. The van der Waals surface area contributed by atoms with Crippen LogP contribution in [0.15, 0.2) is 60.7 Å². The van der Waals surface area contributed by atoms with E-state index in [1.165, 1.54) is 13.8 Å². The van der Waals surface area contributed by atoms with Gasteiger partial charge in [-0.15, -0.1) is 0 Å². The second-order valence-corrected chi connectivity index (χ2v) is 24.0. The molecule has 0 radical (unpaired) electrons. The third-order valence-electron chi connectivity index (χ3n) is 12.9. The van der Waals surface area contributed by atoms with Gasteiger partial charge in [0.05, 0.1) is 10.8 Å². The molecule has 544 valence electrons. The molecule has 15 nitrogen and oxygen atoms in total. The lowest BCUT2D eigenvalue weighted by Gasteiger charge is -2.41. The van der Waals surface area contributed by atoms with Crippen molar-refractivity contribution in [2.45, 2.75) is 180 Å². The van der Waals surface area contributed by atoms with Crippen molar-refractivity contribution in [1.29, 1.82) is 0 Å². The molecule has 2 aromatic carbocycles. The third kappa shape index (κ3) is 19.4. The highest BCUT2D eigenvalue weighted by atomic mass is 79.9. The average molecular weight is 1560 g/mol. The lowest BCUT2D eigenvalue weighted by atomic mass is 9.86. The number of cyclic esters (lactones) is 2. The molecule has 0 saturated carbocycles. The minimum atomic E-state index is -8.00. The quantitative estimate of drug-likeness (QED) is 0.0348. The fourth-order valence-electron chi connectivity index (χ4n) is 6.93. The molecule has 3 rings (SSSR count). The normalized spacial score (nSPS) is 17.3. The minimum absolute atomic E-state index is 0.228. The molecule has 0 aromatic heterocycles. The van der Waals surface area contributed by atoms with Gasteiger partial charge in [0.1, 0.15) is 6.61 Å². The summed E-state index contributed by atoms with van der Waals surface area (Å²) in [6.45, 7) is -2.96. The second-order valence-electron chi connectivity index (χ2n) is 21.8. The van der Waals surface area contributed by atoms with E-state index in [0.29, 0.717) is 18.1 Å². The van der Waals surface area contributed by atoms with E-state index in [-0.39, 0.29) is 12.8 Å². The highest BCUT2D eigenvalue weighted by Crippen LogP contribution is 2.62. The van der Waals surface area contributed by atoms with Gasteiger partial charge in [-0.2, -0.15) is 105 Å². The number of hydrogen-bond donors (Lipinski definition) is 1. The van der Waals surface area contributed by atoms with Gasteiger partial charge in [-0.3, -0.25) is 14.4 Å². The number of carbonyl (C=O) groups excluding carboxylic acids is 7. The zero-order chi connectivity index (χ0) is 74.9. The Morgan fingerprint density at radius 3 is 0.979 bits per heavy atom. The van der Waals surface area contributed by atoms with Crippen LogP contribution in [-0.2, 0) is 66.7 Å². The molecule has 1 aliphatic rings. The number of aliphatic hydroxyl groups is 1. The van der Waals surface area contributed by atoms with E-state index in [1.807, 2.05) is 0 Å². The Bertz CT molecular complexity index is 2940. The SMILES string of the molecule is CC(=O)OC(C)C(=O)OC(C)C(=O)OCC(F)(F)C(F)(F)C(F)(F)C(F)(F)C(F)(F)C(F)(F)COC(=O)C(C)(C)CC(Br)c1ccccc1.CC(C)(CC(Br)c1ccccc1)C(=O)OCC(F)(F)C(F)(F)C(F)(F)C(F)(F)C(F)(F)C(F)(F)CO.CC1OC(=O)C(C)OC1=O. The molecule has 1 aliphatic heterocycles. The van der Waals surface area contributed by atoms with Crippen LogP contribution in [-0.4, -0.2) is 169 Å². The third-order valence-corrected chi connectivity index (χ3v) is 14.6. The molecule has 6 unspecified atom stereocenters. The number of benzene rings is 2. The average Bonchev–Trinajstić information content (AvgIpc) is 0.717. The Balaban J connectivity index is 0.000000852. The summed E-state index contributed by atoms with van der Waals surface area (Å²) in [5.41, 5.74) is -2.46. The van der Waals surface area contributed by atoms with Crippen molar-refractivity contribution >= 4 is 73.6 Å². The molecule has 2 aromatic rings. The number of rotatable bonds is 29. The van der Waals surface area contributed by atoms with Gasteiger partial charge < -0.3 is 38.3 Å². The summed E-state index contributed by atoms with van der Waals surface area (Å²) in [7, 11) is 0. The van der Waals surface area contributed by atoms with Gasteiger partial charge in [0.15, 0.2) is 44.2 Å². The van der Waals surface area contributed by atoms with Crippen LogP contribution in [0.4, 0.5) is 105 Å². The van der Waals surface area contributed by atoms with E-state index < -0.39 is 184 Å². The fourth-order valence-corrected chi connectivity index (χ4v) is 9.16. The molecule has 1 saturated heterocycles. The van der Waals surface area contributed by atoms with Crippen LogP contribution in [0.3, 0.4) is 0 Å². The summed E-state index contributed by atoms with van der Waals surface area (Å²) in [6.07, 6.45) is -6.02. The van der Waals surface area contributed by atoms with Crippen molar-refractivity contribution in [3.05, 3.63) is 71.8 Å². The molecule has 1 heterocycles. The van der Waals surface area contributed by atoms with Gasteiger partial charge in [-0.1, -0.05) is 92.5 Å². The predicted octanol–water partition coefficient (Wildman–Crippen LogP) is 14.1.